The molecule has 0 spiro atoms. The predicted octanol–water partition coefficient (Wildman–Crippen LogP) is 12.7. The molecule has 12 rings (SSSR count). The minimum atomic E-state index is -2.64. The number of imidazole rings is 2. The Balaban J connectivity index is 1.04. The molecule has 0 bridgehead atoms. The van der Waals surface area contributed by atoms with Crippen molar-refractivity contribution in [3.8, 4) is 61.7 Å². The van der Waals surface area contributed by atoms with E-state index in [4.69, 9.17) is 13.8 Å². The van der Waals surface area contributed by atoms with Crippen molar-refractivity contribution in [1.29, 1.82) is 0 Å². The molecule has 2 aliphatic rings. The van der Waals surface area contributed by atoms with Gasteiger partial charge in [-0.05, 0) is 80.0 Å². The number of nitrogens with zero attached hydrogens (tertiary/aromatic N) is 3. The first-order valence-electron chi connectivity index (χ1n) is 21.8. The fourth-order valence-corrected chi connectivity index (χ4v) is 12.5. The first kappa shape index (κ1) is 31.1. The van der Waals surface area contributed by atoms with Crippen LogP contribution >= 0.6 is 0 Å². The first-order chi connectivity index (χ1) is 30.0. The highest BCUT2D eigenvalue weighted by atomic mass is 28.3. The monoisotopic (exact) mass is 778 g/mol. The maximum atomic E-state index is 9.14. The summed E-state index contributed by atoms with van der Waals surface area (Å²) in [4.78, 5) is 5.10. The van der Waals surface area contributed by atoms with E-state index >= 15 is 0 Å². The van der Waals surface area contributed by atoms with E-state index in [-0.39, 0.29) is 0 Å². The summed E-state index contributed by atoms with van der Waals surface area (Å²) in [5, 5.41) is 2.29. The first-order valence-corrected chi connectivity index (χ1v) is 23.3. The van der Waals surface area contributed by atoms with Gasteiger partial charge < -0.3 is 4.74 Å². The van der Waals surface area contributed by atoms with Gasteiger partial charge in [0.15, 0.2) is 0 Å². The molecule has 59 heavy (non-hydrogen) atoms. The molecular weight excluding hydrogens is 735 g/mol. The Kier molecular flexibility index (Phi) is 6.47. The lowest BCUT2D eigenvalue weighted by molar-refractivity contribution is 0.421. The summed E-state index contributed by atoms with van der Waals surface area (Å²) in [7, 11) is -2.64. The molecule has 10 aromatic rings. The van der Waals surface area contributed by atoms with E-state index in [1.165, 1.54) is 49.7 Å². The average Bonchev–Trinajstić information content (AvgIpc) is 3.82. The highest BCUT2D eigenvalue weighted by Crippen LogP contribution is 2.50. The second kappa shape index (κ2) is 12.3. The summed E-state index contributed by atoms with van der Waals surface area (Å²) >= 11 is 0. The van der Waals surface area contributed by atoms with Gasteiger partial charge in [-0.3, -0.25) is 8.97 Å². The van der Waals surface area contributed by atoms with Gasteiger partial charge in [0.25, 0.3) is 0 Å². The van der Waals surface area contributed by atoms with Crippen molar-refractivity contribution in [2.75, 3.05) is 0 Å². The lowest BCUT2D eigenvalue weighted by Crippen LogP contribution is -2.54. The van der Waals surface area contributed by atoms with Gasteiger partial charge in [-0.2, -0.15) is 0 Å². The van der Waals surface area contributed by atoms with E-state index in [9.17, 15) is 0 Å². The maximum Gasteiger partial charge on any atom is 0.220 e. The van der Waals surface area contributed by atoms with Gasteiger partial charge in [0.1, 0.15) is 19.6 Å². The number of rotatable bonds is 3. The topological polar surface area (TPSA) is 31.5 Å². The molecule has 1 atom stereocenters. The smallest absolute Gasteiger partial charge is 0.220 e. The van der Waals surface area contributed by atoms with Crippen molar-refractivity contribution in [3.05, 3.63) is 187 Å². The maximum absolute atomic E-state index is 9.14. The largest absolute Gasteiger partial charge is 0.457 e. The average molecular weight is 779 g/mol. The molecule has 0 amide bonds. The third-order valence-electron chi connectivity index (χ3n) is 13.0. The third-order valence-corrected chi connectivity index (χ3v) is 16.5. The van der Waals surface area contributed by atoms with Gasteiger partial charge in [-0.15, -0.1) is 0 Å². The second-order valence-corrected chi connectivity index (χ2v) is 21.0. The van der Waals surface area contributed by atoms with Gasteiger partial charge >= 0.3 is 0 Å². The Morgan fingerprint density at radius 3 is 1.78 bits per heavy atom. The van der Waals surface area contributed by atoms with Crippen molar-refractivity contribution in [1.82, 2.24) is 14.0 Å². The summed E-state index contributed by atoms with van der Waals surface area (Å²) < 4.78 is 38.9. The SMILES string of the molecule is [2H]C([2H])([2H])C1(C)c2ccc(-n3c4ccccc4n4c5ccccc5nc34)cc2Oc2c1cccc2[Si](C)(C)c1ccc2c(c1)-c1ccccc1-c1ccccc1-c1ccccc1-2. The van der Waals surface area contributed by atoms with Crippen LogP contribution in [-0.2, 0) is 5.41 Å². The standard InChI is InChI=1S/C54H41N3OSi/c1-54(2)44-31-28-34(56-48-25-13-14-26-49(48)57-47-24-12-11-23-46(47)55-53(56)57)32-50(44)58-52-45(54)22-15-27-51(52)59(3,4)35-29-30-42-40-20-8-7-18-38(40)36-16-5-6-17-37(36)39-19-9-10-21-41(39)43(42)33-35/h5-33H,1-4H3/i1D3. The van der Waals surface area contributed by atoms with Gasteiger partial charge in [-0.25, -0.2) is 4.98 Å². The molecule has 1 aliphatic heterocycles. The number of hydrogen-bond donors (Lipinski definition) is 0. The molecule has 0 saturated carbocycles. The van der Waals surface area contributed by atoms with Crippen molar-refractivity contribution < 1.29 is 8.85 Å². The molecule has 1 aliphatic carbocycles. The molecule has 282 valence electrons. The number of aromatic nitrogens is 3. The number of para-hydroxylation sites is 5. The number of fused-ring (bicyclic) bond motifs is 15. The molecule has 3 heterocycles. The summed E-state index contributed by atoms with van der Waals surface area (Å²) in [6.45, 7) is 4.20. The Labute approximate surface area is 348 Å². The van der Waals surface area contributed by atoms with Crippen LogP contribution in [0, 0.1) is 0 Å². The summed E-state index contributed by atoms with van der Waals surface area (Å²) in [5.74, 6) is 1.97. The molecule has 0 N–H and O–H groups in total. The Morgan fingerprint density at radius 1 is 0.542 bits per heavy atom. The zero-order chi connectivity index (χ0) is 42.1. The fourth-order valence-electron chi connectivity index (χ4n) is 9.95. The molecule has 4 nitrogen and oxygen atoms in total. The van der Waals surface area contributed by atoms with Gasteiger partial charge in [0.2, 0.25) is 5.78 Å². The van der Waals surface area contributed by atoms with Crippen LogP contribution in [-0.4, -0.2) is 22.0 Å². The molecular formula is C54H41N3OSi. The molecule has 1 unspecified atom stereocenters. The lowest BCUT2D eigenvalue weighted by atomic mass is 9.76. The Hall–Kier alpha value is -6.95. The van der Waals surface area contributed by atoms with Crippen LogP contribution in [0.2, 0.25) is 13.1 Å². The molecule has 8 aromatic carbocycles. The van der Waals surface area contributed by atoms with Crippen molar-refractivity contribution >= 4 is 46.3 Å². The van der Waals surface area contributed by atoms with E-state index in [0.717, 1.165) is 38.7 Å². The third kappa shape index (κ3) is 4.79. The summed E-state index contributed by atoms with van der Waals surface area (Å²) in [5.41, 5.74) is 14.4. The number of benzene rings is 8. The zero-order valence-corrected chi connectivity index (χ0v) is 34.0. The van der Waals surface area contributed by atoms with Gasteiger partial charge in [0.05, 0.1) is 27.8 Å². The fraction of sp³-hybridized carbons (Fsp3) is 0.0926. The zero-order valence-electron chi connectivity index (χ0n) is 36.0. The quantitative estimate of drug-likeness (QED) is 0.167. The van der Waals surface area contributed by atoms with Crippen LogP contribution in [0.15, 0.2) is 176 Å². The molecule has 0 radical (unpaired) electrons. The van der Waals surface area contributed by atoms with Gasteiger partial charge in [0, 0.05) is 26.7 Å². The minimum Gasteiger partial charge on any atom is -0.457 e. The Bertz CT molecular complexity index is 3500. The van der Waals surface area contributed by atoms with Crippen molar-refractivity contribution in [3.63, 3.8) is 0 Å². The lowest BCUT2D eigenvalue weighted by Gasteiger charge is -2.38. The summed E-state index contributed by atoms with van der Waals surface area (Å²) in [6, 6.07) is 61.8. The molecule has 0 fully saturated rings. The van der Waals surface area contributed by atoms with Crippen LogP contribution in [0.25, 0.3) is 78.0 Å². The second-order valence-electron chi connectivity index (χ2n) is 16.7. The molecule has 0 saturated heterocycles. The Morgan fingerprint density at radius 2 is 1.12 bits per heavy atom. The van der Waals surface area contributed by atoms with Crippen LogP contribution in [0.1, 0.15) is 29.0 Å². The van der Waals surface area contributed by atoms with E-state index in [2.05, 4.69) is 137 Å². The van der Waals surface area contributed by atoms with E-state index in [1.54, 1.807) is 0 Å². The van der Waals surface area contributed by atoms with Crippen molar-refractivity contribution in [2.24, 2.45) is 0 Å². The normalized spacial score (nSPS) is 16.3. The van der Waals surface area contributed by atoms with Gasteiger partial charge in [-0.1, -0.05) is 172 Å². The van der Waals surface area contributed by atoms with E-state index in [1.807, 2.05) is 67.6 Å². The van der Waals surface area contributed by atoms with Crippen LogP contribution in [0.5, 0.6) is 11.5 Å². The predicted molar refractivity (Wildman–Crippen MR) is 247 cm³/mol. The highest BCUT2D eigenvalue weighted by molar-refractivity contribution is 7.01. The number of ether oxygens (including phenoxy) is 1. The van der Waals surface area contributed by atoms with Crippen LogP contribution in [0.3, 0.4) is 0 Å². The molecule has 2 aromatic heterocycles. The van der Waals surface area contributed by atoms with Crippen molar-refractivity contribution in [2.45, 2.75) is 32.3 Å². The summed E-state index contributed by atoms with van der Waals surface area (Å²) in [6.07, 6.45) is 0. The van der Waals surface area contributed by atoms with E-state index in [0.29, 0.717) is 22.6 Å². The molecule has 5 heteroatoms. The van der Waals surface area contributed by atoms with Crippen LogP contribution < -0.4 is 15.1 Å². The highest BCUT2D eigenvalue weighted by Gasteiger charge is 2.40. The van der Waals surface area contributed by atoms with E-state index < -0.39 is 20.3 Å². The van der Waals surface area contributed by atoms with Crippen LogP contribution in [0.4, 0.5) is 0 Å². The number of hydrogen-bond acceptors (Lipinski definition) is 2. The minimum absolute atomic E-state index is 0.542.